The highest BCUT2D eigenvalue weighted by atomic mass is 19.1. The molecule has 12 heavy (non-hydrogen) atoms. The third-order valence-corrected chi connectivity index (χ3v) is 1.81. The summed E-state index contributed by atoms with van der Waals surface area (Å²) in [5.74, 6) is -0.115. The van der Waals surface area contributed by atoms with E-state index < -0.39 is 0 Å². The minimum absolute atomic E-state index is 0.115. The van der Waals surface area contributed by atoms with Gasteiger partial charge in [0.05, 0.1) is 0 Å². The van der Waals surface area contributed by atoms with Gasteiger partial charge in [0.1, 0.15) is 5.82 Å². The summed E-state index contributed by atoms with van der Waals surface area (Å²) >= 11 is 0. The van der Waals surface area contributed by atoms with Crippen LogP contribution in [0.15, 0.2) is 18.2 Å². The van der Waals surface area contributed by atoms with Gasteiger partial charge < -0.3 is 5.32 Å². The first kappa shape index (κ1) is 9.04. The van der Waals surface area contributed by atoms with E-state index >= 15 is 0 Å². The number of halogens is 1. The molecule has 0 fully saturated rings. The van der Waals surface area contributed by atoms with Crippen molar-refractivity contribution in [1.29, 1.82) is 0 Å². The number of anilines is 1. The highest BCUT2D eigenvalue weighted by Crippen LogP contribution is 2.14. The lowest BCUT2D eigenvalue weighted by Gasteiger charge is -2.04. The number of rotatable bonds is 3. The molecule has 0 aliphatic heterocycles. The topological polar surface area (TPSA) is 12.0 Å². The van der Waals surface area contributed by atoms with E-state index in [1.54, 1.807) is 6.07 Å². The van der Waals surface area contributed by atoms with E-state index in [2.05, 4.69) is 5.32 Å². The quantitative estimate of drug-likeness (QED) is 0.730. The molecule has 1 aromatic carbocycles. The molecule has 1 aromatic rings. The summed E-state index contributed by atoms with van der Waals surface area (Å²) in [4.78, 5) is 0. The maximum absolute atomic E-state index is 13.1. The SMILES string of the molecule is CCNc1ccc(CC)c(F)c1. The van der Waals surface area contributed by atoms with Gasteiger partial charge >= 0.3 is 0 Å². The van der Waals surface area contributed by atoms with Gasteiger partial charge in [0, 0.05) is 12.2 Å². The molecule has 0 aliphatic rings. The summed E-state index contributed by atoms with van der Waals surface area (Å²) in [5.41, 5.74) is 1.63. The average Bonchev–Trinajstić information content (AvgIpc) is 2.05. The molecule has 0 heterocycles. The highest BCUT2D eigenvalue weighted by molar-refractivity contribution is 5.45. The lowest BCUT2D eigenvalue weighted by Crippen LogP contribution is -1.97. The Morgan fingerprint density at radius 1 is 1.33 bits per heavy atom. The third-order valence-electron chi connectivity index (χ3n) is 1.81. The molecule has 0 saturated heterocycles. The Morgan fingerprint density at radius 2 is 2.08 bits per heavy atom. The molecule has 66 valence electrons. The average molecular weight is 167 g/mol. The van der Waals surface area contributed by atoms with Crippen molar-refractivity contribution in [2.75, 3.05) is 11.9 Å². The Labute approximate surface area is 72.6 Å². The second-order valence-corrected chi connectivity index (χ2v) is 2.69. The second kappa shape index (κ2) is 4.10. The van der Waals surface area contributed by atoms with E-state index in [1.165, 1.54) is 0 Å². The summed E-state index contributed by atoms with van der Waals surface area (Å²) in [5, 5.41) is 3.06. The second-order valence-electron chi connectivity index (χ2n) is 2.69. The number of hydrogen-bond acceptors (Lipinski definition) is 1. The normalized spacial score (nSPS) is 9.92. The van der Waals surface area contributed by atoms with E-state index in [4.69, 9.17) is 0 Å². The number of benzene rings is 1. The van der Waals surface area contributed by atoms with Crippen LogP contribution in [0.5, 0.6) is 0 Å². The fourth-order valence-electron chi connectivity index (χ4n) is 1.15. The highest BCUT2D eigenvalue weighted by Gasteiger charge is 1.99. The smallest absolute Gasteiger partial charge is 0.128 e. The van der Waals surface area contributed by atoms with Crippen LogP contribution in [0.3, 0.4) is 0 Å². The van der Waals surface area contributed by atoms with Crippen LogP contribution in [0.25, 0.3) is 0 Å². The van der Waals surface area contributed by atoms with E-state index in [-0.39, 0.29) is 5.82 Å². The van der Waals surface area contributed by atoms with Gasteiger partial charge in [0.2, 0.25) is 0 Å². The fourth-order valence-corrected chi connectivity index (χ4v) is 1.15. The van der Waals surface area contributed by atoms with Crippen molar-refractivity contribution in [3.8, 4) is 0 Å². The van der Waals surface area contributed by atoms with E-state index in [1.807, 2.05) is 26.0 Å². The summed E-state index contributed by atoms with van der Waals surface area (Å²) < 4.78 is 13.1. The lowest BCUT2D eigenvalue weighted by atomic mass is 10.1. The van der Waals surface area contributed by atoms with Crippen molar-refractivity contribution < 1.29 is 4.39 Å². The van der Waals surface area contributed by atoms with Crippen molar-refractivity contribution in [3.05, 3.63) is 29.6 Å². The maximum atomic E-state index is 13.1. The zero-order valence-corrected chi connectivity index (χ0v) is 7.52. The van der Waals surface area contributed by atoms with Gasteiger partial charge in [0.25, 0.3) is 0 Å². The van der Waals surface area contributed by atoms with E-state index in [0.717, 1.165) is 24.2 Å². The summed E-state index contributed by atoms with van der Waals surface area (Å²) in [6, 6.07) is 5.28. The standard InChI is InChI=1S/C10H14FN/c1-3-8-5-6-9(12-4-2)7-10(8)11/h5-7,12H,3-4H2,1-2H3. The van der Waals surface area contributed by atoms with E-state index in [0.29, 0.717) is 0 Å². The molecule has 0 aromatic heterocycles. The van der Waals surface area contributed by atoms with Gasteiger partial charge in [-0.2, -0.15) is 0 Å². The monoisotopic (exact) mass is 167 g/mol. The third kappa shape index (κ3) is 1.97. The molecule has 0 bridgehead atoms. The maximum Gasteiger partial charge on any atom is 0.128 e. The first-order valence-corrected chi connectivity index (χ1v) is 4.30. The van der Waals surface area contributed by atoms with Gasteiger partial charge in [-0.3, -0.25) is 0 Å². The van der Waals surface area contributed by atoms with Gasteiger partial charge in [-0.25, -0.2) is 4.39 Å². The predicted molar refractivity (Wildman–Crippen MR) is 49.9 cm³/mol. The molecule has 0 amide bonds. The van der Waals surface area contributed by atoms with Crippen molar-refractivity contribution in [2.45, 2.75) is 20.3 Å². The molecule has 1 N–H and O–H groups in total. The van der Waals surface area contributed by atoms with Crippen molar-refractivity contribution >= 4 is 5.69 Å². The van der Waals surface area contributed by atoms with Crippen LogP contribution in [-0.2, 0) is 6.42 Å². The van der Waals surface area contributed by atoms with Crippen molar-refractivity contribution in [1.82, 2.24) is 0 Å². The molecule has 0 saturated carbocycles. The van der Waals surface area contributed by atoms with Crippen LogP contribution in [0.4, 0.5) is 10.1 Å². The van der Waals surface area contributed by atoms with Crippen molar-refractivity contribution in [2.24, 2.45) is 0 Å². The summed E-state index contributed by atoms with van der Waals surface area (Å²) in [7, 11) is 0. The molecule has 0 atom stereocenters. The molecule has 0 radical (unpaired) electrons. The van der Waals surface area contributed by atoms with Crippen LogP contribution >= 0.6 is 0 Å². The van der Waals surface area contributed by atoms with Crippen LogP contribution in [0.2, 0.25) is 0 Å². The predicted octanol–water partition coefficient (Wildman–Crippen LogP) is 2.82. The first-order valence-electron chi connectivity index (χ1n) is 4.30. The number of aryl methyl sites for hydroxylation is 1. The molecule has 0 aliphatic carbocycles. The Hall–Kier alpha value is -1.05. The molecular formula is C10H14FN. The Bertz CT molecular complexity index is 258. The Balaban J connectivity index is 2.86. The molecule has 0 unspecified atom stereocenters. The fraction of sp³-hybridized carbons (Fsp3) is 0.400. The van der Waals surface area contributed by atoms with Gasteiger partial charge in [-0.15, -0.1) is 0 Å². The molecule has 1 nitrogen and oxygen atoms in total. The summed E-state index contributed by atoms with van der Waals surface area (Å²) in [6.07, 6.45) is 0.748. The Kier molecular flexibility index (Phi) is 3.09. The zero-order chi connectivity index (χ0) is 8.97. The van der Waals surface area contributed by atoms with E-state index in [9.17, 15) is 4.39 Å². The largest absolute Gasteiger partial charge is 0.385 e. The van der Waals surface area contributed by atoms with Gasteiger partial charge in [-0.05, 0) is 31.0 Å². The summed E-state index contributed by atoms with van der Waals surface area (Å²) in [6.45, 7) is 4.77. The molecule has 1 rings (SSSR count). The zero-order valence-electron chi connectivity index (χ0n) is 7.52. The van der Waals surface area contributed by atoms with Gasteiger partial charge in [-0.1, -0.05) is 13.0 Å². The Morgan fingerprint density at radius 3 is 2.58 bits per heavy atom. The first-order chi connectivity index (χ1) is 5.77. The number of hydrogen-bond donors (Lipinski definition) is 1. The molecular weight excluding hydrogens is 153 g/mol. The molecule has 2 heteroatoms. The minimum Gasteiger partial charge on any atom is -0.385 e. The molecule has 0 spiro atoms. The van der Waals surface area contributed by atoms with Crippen LogP contribution in [-0.4, -0.2) is 6.54 Å². The number of nitrogens with one attached hydrogen (secondary N) is 1. The van der Waals surface area contributed by atoms with Gasteiger partial charge in [0.15, 0.2) is 0 Å². The van der Waals surface area contributed by atoms with Crippen LogP contribution < -0.4 is 5.32 Å². The van der Waals surface area contributed by atoms with Crippen LogP contribution in [0.1, 0.15) is 19.4 Å². The van der Waals surface area contributed by atoms with Crippen molar-refractivity contribution in [3.63, 3.8) is 0 Å². The minimum atomic E-state index is -0.115. The lowest BCUT2D eigenvalue weighted by molar-refractivity contribution is 0.612. The van der Waals surface area contributed by atoms with Crippen LogP contribution in [0, 0.1) is 5.82 Å².